The number of nitrogens with two attached hydrogens (primary N) is 1. The molecule has 98 valence electrons. The molecule has 7 heteroatoms. The smallest absolute Gasteiger partial charge is 0.214 e. The van der Waals surface area contributed by atoms with Crippen LogP contribution in [0.5, 0.6) is 0 Å². The fraction of sp³-hybridized carbons (Fsp3) is 0.600. The minimum Gasteiger partial charge on any atom is -0.330 e. The van der Waals surface area contributed by atoms with Crippen molar-refractivity contribution < 1.29 is 8.42 Å². The molecule has 1 heterocycles. The van der Waals surface area contributed by atoms with Crippen LogP contribution in [0, 0.1) is 0 Å². The molecular weight excluding hydrogens is 324 g/mol. The zero-order chi connectivity index (χ0) is 12.9. The van der Waals surface area contributed by atoms with E-state index in [1.165, 1.54) is 4.31 Å². The topological polar surface area (TPSA) is 63.4 Å². The third-order valence-corrected chi connectivity index (χ3v) is 5.79. The average Bonchev–Trinajstić information content (AvgIpc) is 2.64. The molecule has 0 amide bonds. The zero-order valence-electron chi connectivity index (χ0n) is 9.73. The summed E-state index contributed by atoms with van der Waals surface area (Å²) in [5.74, 6) is 0.173. The van der Waals surface area contributed by atoms with Gasteiger partial charge in [-0.15, -0.1) is 11.3 Å². The summed E-state index contributed by atoms with van der Waals surface area (Å²) in [6, 6.07) is 1.94. The molecule has 0 aliphatic heterocycles. The standard InChI is InChI=1S/C10H17BrN2O2S2/c1-13(7-9-6-10(11)16-8-9)17(14,15)5-3-2-4-12/h6,8H,2-5,7,12H2,1H3. The first-order valence-electron chi connectivity index (χ1n) is 5.32. The number of rotatable bonds is 7. The van der Waals surface area contributed by atoms with Crippen LogP contribution in [0.4, 0.5) is 0 Å². The van der Waals surface area contributed by atoms with E-state index in [9.17, 15) is 8.42 Å². The molecule has 0 aliphatic carbocycles. The summed E-state index contributed by atoms with van der Waals surface area (Å²) in [4.78, 5) is 0. The number of hydrogen-bond donors (Lipinski definition) is 1. The van der Waals surface area contributed by atoms with E-state index in [1.54, 1.807) is 18.4 Å². The van der Waals surface area contributed by atoms with Gasteiger partial charge >= 0.3 is 0 Å². The van der Waals surface area contributed by atoms with Crippen molar-refractivity contribution in [3.05, 3.63) is 20.8 Å². The molecule has 0 radical (unpaired) electrons. The first kappa shape index (κ1) is 15.1. The summed E-state index contributed by atoms with van der Waals surface area (Å²) in [5, 5.41) is 1.95. The van der Waals surface area contributed by atoms with Gasteiger partial charge in [-0.05, 0) is 52.3 Å². The summed E-state index contributed by atoms with van der Waals surface area (Å²) >= 11 is 4.92. The number of hydrogen-bond acceptors (Lipinski definition) is 4. The first-order chi connectivity index (χ1) is 7.95. The van der Waals surface area contributed by atoms with E-state index >= 15 is 0 Å². The van der Waals surface area contributed by atoms with Gasteiger partial charge in [-0.2, -0.15) is 0 Å². The minimum absolute atomic E-state index is 0.173. The highest BCUT2D eigenvalue weighted by molar-refractivity contribution is 9.11. The number of unbranched alkanes of at least 4 members (excludes halogenated alkanes) is 1. The lowest BCUT2D eigenvalue weighted by molar-refractivity contribution is 0.465. The fourth-order valence-electron chi connectivity index (χ4n) is 1.37. The molecule has 0 saturated heterocycles. The van der Waals surface area contributed by atoms with Gasteiger partial charge in [0.05, 0.1) is 9.54 Å². The average molecular weight is 341 g/mol. The first-order valence-corrected chi connectivity index (χ1v) is 8.61. The molecule has 0 atom stereocenters. The number of halogens is 1. The van der Waals surface area contributed by atoms with Crippen molar-refractivity contribution in [1.82, 2.24) is 4.31 Å². The van der Waals surface area contributed by atoms with E-state index < -0.39 is 10.0 Å². The molecule has 1 aromatic heterocycles. The van der Waals surface area contributed by atoms with Crippen LogP contribution >= 0.6 is 27.3 Å². The van der Waals surface area contributed by atoms with Crippen molar-refractivity contribution in [3.8, 4) is 0 Å². The third kappa shape index (κ3) is 5.05. The maximum Gasteiger partial charge on any atom is 0.214 e. The molecule has 0 aromatic carbocycles. The molecule has 4 nitrogen and oxygen atoms in total. The van der Waals surface area contributed by atoms with Crippen LogP contribution in [-0.4, -0.2) is 32.1 Å². The van der Waals surface area contributed by atoms with E-state index in [0.29, 0.717) is 19.5 Å². The predicted octanol–water partition coefficient (Wildman–Crippen LogP) is 2.01. The summed E-state index contributed by atoms with van der Waals surface area (Å²) in [5.41, 5.74) is 6.35. The van der Waals surface area contributed by atoms with Gasteiger partial charge in [0.25, 0.3) is 0 Å². The Labute approximate surface area is 115 Å². The Morgan fingerprint density at radius 3 is 2.71 bits per heavy atom. The van der Waals surface area contributed by atoms with Crippen LogP contribution in [-0.2, 0) is 16.6 Å². The second-order valence-corrected chi connectivity index (χ2v) is 8.31. The number of nitrogens with zero attached hydrogens (tertiary/aromatic N) is 1. The molecule has 1 rings (SSSR count). The van der Waals surface area contributed by atoms with E-state index in [0.717, 1.165) is 15.8 Å². The molecule has 0 fully saturated rings. The molecule has 0 bridgehead atoms. The van der Waals surface area contributed by atoms with Gasteiger partial charge in [0, 0.05) is 13.6 Å². The van der Waals surface area contributed by atoms with E-state index in [4.69, 9.17) is 5.73 Å². The highest BCUT2D eigenvalue weighted by atomic mass is 79.9. The molecule has 0 unspecified atom stereocenters. The Bertz CT molecular complexity index is 445. The van der Waals surface area contributed by atoms with Crippen LogP contribution in [0.2, 0.25) is 0 Å². The number of thiophene rings is 1. The van der Waals surface area contributed by atoms with Crippen LogP contribution in [0.1, 0.15) is 18.4 Å². The van der Waals surface area contributed by atoms with Crippen molar-refractivity contribution in [2.75, 3.05) is 19.3 Å². The van der Waals surface area contributed by atoms with Crippen molar-refractivity contribution >= 4 is 37.3 Å². The Hall–Kier alpha value is 0.0500. The Morgan fingerprint density at radius 2 is 2.18 bits per heavy atom. The largest absolute Gasteiger partial charge is 0.330 e. The second kappa shape index (κ2) is 6.84. The monoisotopic (exact) mass is 340 g/mol. The maximum absolute atomic E-state index is 11.9. The maximum atomic E-state index is 11.9. The Balaban J connectivity index is 2.53. The molecule has 1 aromatic rings. The highest BCUT2D eigenvalue weighted by Crippen LogP contribution is 2.22. The van der Waals surface area contributed by atoms with E-state index in [-0.39, 0.29) is 5.75 Å². The van der Waals surface area contributed by atoms with Crippen LogP contribution in [0.3, 0.4) is 0 Å². The summed E-state index contributed by atoms with van der Waals surface area (Å²) in [6.07, 6.45) is 1.37. The highest BCUT2D eigenvalue weighted by Gasteiger charge is 2.17. The predicted molar refractivity (Wildman–Crippen MR) is 75.6 cm³/mol. The minimum atomic E-state index is -3.15. The fourth-order valence-corrected chi connectivity index (χ4v) is 3.80. The van der Waals surface area contributed by atoms with Gasteiger partial charge in [-0.25, -0.2) is 12.7 Å². The van der Waals surface area contributed by atoms with Gasteiger partial charge in [-0.3, -0.25) is 0 Å². The van der Waals surface area contributed by atoms with Crippen molar-refractivity contribution in [2.45, 2.75) is 19.4 Å². The van der Waals surface area contributed by atoms with Crippen LogP contribution < -0.4 is 5.73 Å². The Morgan fingerprint density at radius 1 is 1.47 bits per heavy atom. The number of sulfonamides is 1. The molecule has 0 spiro atoms. The second-order valence-electron chi connectivity index (χ2n) is 3.83. The van der Waals surface area contributed by atoms with Gasteiger partial charge in [-0.1, -0.05) is 0 Å². The Kier molecular flexibility index (Phi) is 6.08. The lowest BCUT2D eigenvalue weighted by Crippen LogP contribution is -2.28. The normalized spacial score (nSPS) is 12.2. The molecular formula is C10H17BrN2O2S2. The molecule has 2 N–H and O–H groups in total. The van der Waals surface area contributed by atoms with Crippen molar-refractivity contribution in [2.24, 2.45) is 5.73 Å². The summed E-state index contributed by atoms with van der Waals surface area (Å²) in [7, 11) is -1.54. The summed E-state index contributed by atoms with van der Waals surface area (Å²) in [6.45, 7) is 0.962. The van der Waals surface area contributed by atoms with Gasteiger partial charge in [0.15, 0.2) is 0 Å². The van der Waals surface area contributed by atoms with E-state index in [1.807, 2.05) is 11.4 Å². The lowest BCUT2D eigenvalue weighted by Gasteiger charge is -2.16. The molecule has 0 saturated carbocycles. The molecule has 0 aliphatic rings. The van der Waals surface area contributed by atoms with E-state index in [2.05, 4.69) is 15.9 Å². The zero-order valence-corrected chi connectivity index (χ0v) is 12.9. The molecule has 17 heavy (non-hydrogen) atoms. The van der Waals surface area contributed by atoms with Gasteiger partial charge in [0.1, 0.15) is 0 Å². The van der Waals surface area contributed by atoms with Gasteiger partial charge in [0.2, 0.25) is 10.0 Å². The third-order valence-electron chi connectivity index (χ3n) is 2.36. The SMILES string of the molecule is CN(Cc1csc(Br)c1)S(=O)(=O)CCCCN. The van der Waals surface area contributed by atoms with Crippen molar-refractivity contribution in [3.63, 3.8) is 0 Å². The lowest BCUT2D eigenvalue weighted by atomic mass is 10.3. The van der Waals surface area contributed by atoms with Crippen LogP contribution in [0.15, 0.2) is 15.2 Å². The van der Waals surface area contributed by atoms with Crippen LogP contribution in [0.25, 0.3) is 0 Å². The summed E-state index contributed by atoms with van der Waals surface area (Å²) < 4.78 is 26.2. The van der Waals surface area contributed by atoms with Gasteiger partial charge < -0.3 is 5.73 Å². The quantitative estimate of drug-likeness (QED) is 0.772. The van der Waals surface area contributed by atoms with Crippen molar-refractivity contribution in [1.29, 1.82) is 0 Å².